The van der Waals surface area contributed by atoms with Crippen molar-refractivity contribution in [1.82, 2.24) is 65.1 Å². The number of piperidine rings is 6. The number of nitrogens with zero attached hydrogens (tertiary/aromatic N) is 23. The minimum absolute atomic E-state index is 0. The van der Waals surface area contributed by atoms with E-state index in [1.807, 2.05) is 124 Å². The third-order valence-electron chi connectivity index (χ3n) is 21.1. The van der Waals surface area contributed by atoms with Crippen molar-refractivity contribution in [1.29, 1.82) is 15.8 Å². The van der Waals surface area contributed by atoms with Gasteiger partial charge in [0.25, 0.3) is 0 Å². The number of aliphatic carboxylic acids is 1. The molecule has 0 aromatic carbocycles. The number of rotatable bonds is 19. The Morgan fingerprint density at radius 1 is 0.455 bits per heavy atom. The van der Waals surface area contributed by atoms with Crippen molar-refractivity contribution in [3.8, 4) is 18.2 Å². The van der Waals surface area contributed by atoms with Crippen molar-refractivity contribution in [2.75, 3.05) is 182 Å². The molecular weight excluding hydrogens is 1630 g/mol. The van der Waals surface area contributed by atoms with Gasteiger partial charge in [-0.05, 0) is 137 Å². The average Bonchev–Trinajstić information content (AvgIpc) is 1.75. The van der Waals surface area contributed by atoms with Gasteiger partial charge >= 0.3 is 57.4 Å². The van der Waals surface area contributed by atoms with Crippen LogP contribution in [0.25, 0.3) is 10.4 Å². The van der Waals surface area contributed by atoms with E-state index in [0.717, 1.165) is 178 Å². The van der Waals surface area contributed by atoms with E-state index in [0.29, 0.717) is 128 Å². The maximum Gasteiger partial charge on any atom is 1.00 e. The third kappa shape index (κ3) is 32.8. The summed E-state index contributed by atoms with van der Waals surface area (Å²) in [5.41, 5.74) is 27.0. The number of aromatic nitrogens is 12. The number of halogens is 1. The SMILES string of the molecule is C.C1CC2(CCN1)OCCO2.Cc1cc(C)nc(Cl)n1.Cc1cc(C)nc(N2CCC(C#N)(OCCN)CC2)n1.Cc1cc(C)nc(N2CCC(C#N)(OCCN=[N+]=[N-])CC2)n1.Cc1cc(C)nc(N2CCC(C#N)(OCCO)CC2)n1.Cc1cc(C)nc(N2CCC(OCCN)(C(=O)O)CC2)n1.Cc1cc(C)nc(N2CCC3(CC2)OCCO3)n1.[K+].[OH-]. The molecule has 8 aliphatic rings. The Labute approximate surface area is 771 Å². The molecule has 14 heterocycles. The standard InChI is InChI=1S/C14H19N7O.C14H21N5O.C14H22N4O3.C14H20N4O2.C13H19N3O2.C7H13NO2.C6H7ClN2.CH4.K.H2O/c1-11-9-12(2)19-13(18-11)21-6-3-14(10-15,4-7-21)22-8-5-17-20-16;1-11-9-12(2)18-13(17-11)19-6-3-14(10-16,4-7-19)20-8-5-15;1-10-9-11(2)17-13(16-10)18-6-3-14(4-7-18,12(19)20)21-8-5-15;1-11-9-12(2)17-13(16-11)18-5-3-14(10-15,4-6-18)20-8-7-19;1-10-9-11(2)15-12(14-10)16-5-3-13(4-6-16)17-7-8-18-13;1-3-8-4-2-7(1)9-5-6-10-7;1-4-3-5(2)9-6(7)8-4;;;/h9H,3-8H2,1-2H3;9H,3-8,15H2,1-2H3;9H,3-8,15H2,1-2H3,(H,19,20);9,19H,3-8H2,1-2H3;9H,3-8H2,1-2H3;8H,1-6H2;3H,1-2H3;1H4;;1H2/q;;;;;;;;+1;/p-1. The summed E-state index contributed by atoms with van der Waals surface area (Å²) in [6, 6.07) is 18.4. The fraction of sp³-hybridized carbons (Fsp3) is 0.663. The van der Waals surface area contributed by atoms with Crippen LogP contribution in [0.4, 0.5) is 29.7 Å². The first-order chi connectivity index (χ1) is 57.5. The molecule has 0 bridgehead atoms. The van der Waals surface area contributed by atoms with E-state index in [-0.39, 0.29) is 109 Å². The molecular formula is C83H126ClKN26O12. The normalized spacial score (nSPS) is 18.4. The molecule has 6 aromatic heterocycles. The van der Waals surface area contributed by atoms with Gasteiger partial charge in [0, 0.05) is 248 Å². The number of ether oxygens (including phenoxy) is 8. The van der Waals surface area contributed by atoms with Crippen LogP contribution in [0, 0.1) is 117 Å². The van der Waals surface area contributed by atoms with Crippen LogP contribution in [-0.2, 0) is 42.7 Å². The van der Waals surface area contributed by atoms with Crippen LogP contribution in [-0.4, -0.2) is 273 Å². The van der Waals surface area contributed by atoms with E-state index in [1.165, 1.54) is 0 Å². The molecule has 8 fully saturated rings. The Bertz CT molecular complexity index is 4180. The van der Waals surface area contributed by atoms with E-state index < -0.39 is 28.4 Å². The molecule has 6 aromatic rings. The number of hydrogen-bond donors (Lipinski definition) is 5. The Morgan fingerprint density at radius 3 is 0.967 bits per heavy atom. The predicted molar refractivity (Wildman–Crippen MR) is 460 cm³/mol. The first kappa shape index (κ1) is 106. The van der Waals surface area contributed by atoms with Gasteiger partial charge in [-0.3, -0.25) is 0 Å². The molecule has 0 unspecified atom stereocenters. The zero-order valence-electron chi connectivity index (χ0n) is 73.3. The van der Waals surface area contributed by atoms with Gasteiger partial charge in [0.2, 0.25) is 35.0 Å². The molecule has 668 valence electrons. The molecule has 8 saturated heterocycles. The molecule has 0 aliphatic carbocycles. The second-order valence-electron chi connectivity index (χ2n) is 30.8. The van der Waals surface area contributed by atoms with Crippen LogP contribution in [0.3, 0.4) is 0 Å². The van der Waals surface area contributed by atoms with Gasteiger partial charge in [-0.25, -0.2) is 64.6 Å². The fourth-order valence-corrected chi connectivity index (χ4v) is 15.3. The number of aliphatic hydroxyl groups is 1. The molecule has 2 spiro atoms. The summed E-state index contributed by atoms with van der Waals surface area (Å²) in [7, 11) is 0. The van der Waals surface area contributed by atoms with Crippen LogP contribution < -0.4 is 92.7 Å². The monoisotopic (exact) mass is 1750 g/mol. The first-order valence-electron chi connectivity index (χ1n) is 41.1. The number of carboxylic acid groups (broad SMARTS) is 1. The number of azide groups is 1. The Hall–Kier alpha value is -7.86. The number of hydrogen-bond acceptors (Lipinski definition) is 35. The topological polar surface area (TPSA) is 516 Å². The first-order valence-corrected chi connectivity index (χ1v) is 41.5. The number of nitriles is 3. The molecule has 0 amide bonds. The number of carboxylic acids is 1. The minimum Gasteiger partial charge on any atom is -0.870 e. The second-order valence-corrected chi connectivity index (χ2v) is 31.2. The molecule has 0 radical (unpaired) electrons. The van der Waals surface area contributed by atoms with Crippen LogP contribution in [0.5, 0.6) is 0 Å². The Morgan fingerprint density at radius 2 is 0.707 bits per heavy atom. The van der Waals surface area contributed by atoms with Crippen molar-refractivity contribution >= 4 is 47.3 Å². The maximum atomic E-state index is 11.5. The molecule has 40 heteroatoms. The summed E-state index contributed by atoms with van der Waals surface area (Å²) in [5, 5.41) is 53.4. The summed E-state index contributed by atoms with van der Waals surface area (Å²) in [6.45, 7) is 37.5. The Kier molecular flexibility index (Phi) is 44.4. The van der Waals surface area contributed by atoms with E-state index in [9.17, 15) is 25.7 Å². The van der Waals surface area contributed by atoms with Gasteiger partial charge in [0.15, 0.2) is 34.0 Å². The van der Waals surface area contributed by atoms with Gasteiger partial charge in [-0.1, -0.05) is 12.5 Å². The van der Waals surface area contributed by atoms with Crippen LogP contribution in [0.1, 0.15) is 153 Å². The summed E-state index contributed by atoms with van der Waals surface area (Å²) < 4.78 is 44.8. The number of nitrogens with two attached hydrogens (primary N) is 2. The summed E-state index contributed by atoms with van der Waals surface area (Å²) in [6.07, 6.45) is 8.26. The van der Waals surface area contributed by atoms with Gasteiger partial charge in [-0.2, -0.15) is 15.8 Å². The smallest absolute Gasteiger partial charge is 0.870 e. The zero-order valence-corrected chi connectivity index (χ0v) is 77.1. The quantitative estimate of drug-likeness (QED) is 0.0168. The van der Waals surface area contributed by atoms with Crippen LogP contribution in [0.15, 0.2) is 41.5 Å². The fourth-order valence-electron chi connectivity index (χ4n) is 15.0. The van der Waals surface area contributed by atoms with E-state index in [1.54, 1.807) is 0 Å². The summed E-state index contributed by atoms with van der Waals surface area (Å²) in [5.74, 6) is 2.23. The number of anilines is 5. The molecule has 8 aliphatic heterocycles. The molecule has 0 atom stereocenters. The van der Waals surface area contributed by atoms with Crippen molar-refractivity contribution in [2.45, 2.75) is 202 Å². The second kappa shape index (κ2) is 51.7. The van der Waals surface area contributed by atoms with E-state index >= 15 is 0 Å². The molecule has 8 N–H and O–H groups in total. The number of nitrogens with one attached hydrogen (secondary N) is 1. The van der Waals surface area contributed by atoms with Crippen molar-refractivity contribution < 1.29 is 110 Å². The zero-order chi connectivity index (χ0) is 86.9. The number of carbonyl (C=O) groups is 1. The van der Waals surface area contributed by atoms with E-state index in [2.05, 4.69) is 113 Å². The molecule has 123 heavy (non-hydrogen) atoms. The molecule has 38 nitrogen and oxygen atoms in total. The third-order valence-corrected chi connectivity index (χ3v) is 21.3. The predicted octanol–water partition coefficient (Wildman–Crippen LogP) is 5.43. The van der Waals surface area contributed by atoms with Gasteiger partial charge in [-0.15, -0.1) is 0 Å². The van der Waals surface area contributed by atoms with Gasteiger partial charge < -0.3 is 94.9 Å². The van der Waals surface area contributed by atoms with Crippen molar-refractivity contribution in [3.63, 3.8) is 0 Å². The number of aryl methyl sites for hydroxylation is 12. The van der Waals surface area contributed by atoms with Gasteiger partial charge in [0.1, 0.15) is 0 Å². The Balaban J connectivity index is 0.000000258. The molecule has 14 rings (SSSR count). The number of aliphatic hydroxyl groups excluding tert-OH is 1. The molecule has 0 saturated carbocycles. The van der Waals surface area contributed by atoms with Crippen LogP contribution in [0.2, 0.25) is 5.28 Å². The largest absolute Gasteiger partial charge is 1.00 e. The summed E-state index contributed by atoms with van der Waals surface area (Å²) >= 11 is 5.53. The van der Waals surface area contributed by atoms with E-state index in [4.69, 9.17) is 71.6 Å². The van der Waals surface area contributed by atoms with Crippen LogP contribution >= 0.6 is 11.6 Å². The van der Waals surface area contributed by atoms with Crippen molar-refractivity contribution in [3.05, 3.63) is 120 Å². The van der Waals surface area contributed by atoms with Gasteiger partial charge in [0.05, 0.1) is 77.7 Å². The average molecular weight is 1750 g/mol. The minimum atomic E-state index is -1.13. The van der Waals surface area contributed by atoms with Crippen molar-refractivity contribution in [2.24, 2.45) is 16.6 Å². The maximum absolute atomic E-state index is 11.5. The summed E-state index contributed by atoms with van der Waals surface area (Å²) in [4.78, 5) is 77.0.